The molecule has 3 heterocycles. The Kier molecular flexibility index (Phi) is 6.59. The molecule has 3 aromatic heterocycles. The summed E-state index contributed by atoms with van der Waals surface area (Å²) in [5, 5.41) is 6.30. The van der Waals surface area contributed by atoms with Gasteiger partial charge in [-0.2, -0.15) is 5.10 Å². The van der Waals surface area contributed by atoms with E-state index >= 15 is 0 Å². The lowest BCUT2D eigenvalue weighted by Gasteiger charge is -2.21. The van der Waals surface area contributed by atoms with Crippen LogP contribution >= 0.6 is 0 Å². The van der Waals surface area contributed by atoms with Crippen molar-refractivity contribution >= 4 is 27.3 Å². The van der Waals surface area contributed by atoms with Crippen LogP contribution in [0.15, 0.2) is 47.4 Å². The van der Waals surface area contributed by atoms with Crippen molar-refractivity contribution in [1.29, 1.82) is 0 Å². The minimum atomic E-state index is -3.65. The van der Waals surface area contributed by atoms with Gasteiger partial charge in [-0.15, -0.1) is 0 Å². The van der Waals surface area contributed by atoms with Crippen molar-refractivity contribution in [3.05, 3.63) is 81.7 Å². The molecule has 188 valence electrons. The van der Waals surface area contributed by atoms with Gasteiger partial charge >= 0.3 is 5.69 Å². The fraction of sp³-hybridized carbons (Fsp3) is 0.217. The fourth-order valence-electron chi connectivity index (χ4n) is 4.24. The zero-order valence-corrected chi connectivity index (χ0v) is 20.1. The molecule has 0 unspecified atom stereocenters. The number of carbonyl (C=O) groups is 1. The lowest BCUT2D eigenvalue weighted by Crippen LogP contribution is -2.19. The minimum absolute atomic E-state index is 0.0173. The third-order valence-electron chi connectivity index (χ3n) is 5.57. The van der Waals surface area contributed by atoms with Crippen molar-refractivity contribution < 1.29 is 22.0 Å². The fourth-order valence-corrected chi connectivity index (χ4v) is 4.78. The Labute approximate surface area is 204 Å². The smallest absolute Gasteiger partial charge is 0.347 e. The number of rotatable bonds is 8. The summed E-state index contributed by atoms with van der Waals surface area (Å²) in [5.74, 6) is -2.93. The molecule has 4 aromatic rings. The highest BCUT2D eigenvalue weighted by molar-refractivity contribution is 7.92. The summed E-state index contributed by atoms with van der Waals surface area (Å²) >= 11 is 0. The summed E-state index contributed by atoms with van der Waals surface area (Å²) in [7, 11) is -3.65. The van der Waals surface area contributed by atoms with E-state index < -0.39 is 39.2 Å². The number of aryl methyl sites for hydroxylation is 1. The van der Waals surface area contributed by atoms with Crippen molar-refractivity contribution in [2.75, 3.05) is 11.0 Å². The van der Waals surface area contributed by atoms with Crippen LogP contribution in [0.3, 0.4) is 0 Å². The van der Waals surface area contributed by atoms with E-state index in [0.717, 1.165) is 24.5 Å². The first-order valence-electron chi connectivity index (χ1n) is 10.7. The molecule has 13 heteroatoms. The van der Waals surface area contributed by atoms with E-state index in [0.29, 0.717) is 28.2 Å². The van der Waals surface area contributed by atoms with Crippen LogP contribution in [-0.2, 0) is 21.2 Å². The number of aromatic nitrogens is 4. The molecule has 0 fully saturated rings. The van der Waals surface area contributed by atoms with Crippen LogP contribution in [0.5, 0.6) is 0 Å². The number of primary amides is 1. The maximum absolute atomic E-state index is 13.9. The third kappa shape index (κ3) is 5.40. The zero-order chi connectivity index (χ0) is 26.2. The molecule has 0 aliphatic carbocycles. The van der Waals surface area contributed by atoms with Gasteiger partial charge in [-0.25, -0.2) is 31.5 Å². The number of carbonyl (C=O) groups excluding carboxylic acids is 1. The number of halogens is 2. The molecular weight excluding hydrogens is 494 g/mol. The molecule has 1 atom stereocenters. The second-order valence-corrected chi connectivity index (χ2v) is 10.2. The molecule has 0 radical (unpaired) electrons. The quantitative estimate of drug-likeness (QED) is 0.327. The molecule has 1 amide bonds. The molecule has 4 rings (SSSR count). The molecular formula is C23H22F2N6O4S. The summed E-state index contributed by atoms with van der Waals surface area (Å²) in [5.41, 5.74) is 7.51. The molecule has 0 aliphatic rings. The van der Waals surface area contributed by atoms with Gasteiger partial charge in [-0.1, -0.05) is 0 Å². The van der Waals surface area contributed by atoms with E-state index in [2.05, 4.69) is 19.9 Å². The molecule has 10 nitrogen and oxygen atoms in total. The number of hydrogen-bond acceptors (Lipinski definition) is 6. The standard InChI is InChI=1S/C23H22F2N6O4S/c1-12-18(3-4-21-28-29-23(33)31(12)21)19-10-17(30-36(2,34)35)11-27-22(19)14(8-20(26)32)5-13-6-15(24)9-16(25)7-13/h3-4,6-7,9-11,14,30H,5,8H2,1-2H3,(H2,26,32)(H,29,33)/t14-/m0/s1. The van der Waals surface area contributed by atoms with Crippen LogP contribution in [-0.4, -0.2) is 40.2 Å². The van der Waals surface area contributed by atoms with Gasteiger partial charge in [0.2, 0.25) is 15.9 Å². The number of nitrogens with zero attached hydrogens (tertiary/aromatic N) is 3. The molecule has 0 bridgehead atoms. The summed E-state index contributed by atoms with van der Waals surface area (Å²) < 4.78 is 55.1. The van der Waals surface area contributed by atoms with E-state index in [1.807, 2.05) is 0 Å². The Bertz CT molecular complexity index is 1630. The number of hydrogen-bond donors (Lipinski definition) is 3. The number of benzene rings is 1. The SMILES string of the molecule is Cc1c(-c2cc(NS(C)(=O)=O)cnc2[C@H](CC(N)=O)Cc2cc(F)cc(F)c2)ccc2n[nH]c(=O)n12. The topological polar surface area (TPSA) is 152 Å². The number of fused-ring (bicyclic) bond motifs is 1. The number of amides is 1. The Hall–Kier alpha value is -4.13. The van der Waals surface area contributed by atoms with Gasteiger partial charge in [-0.05, 0) is 49.2 Å². The van der Waals surface area contributed by atoms with Crippen LogP contribution in [0.4, 0.5) is 14.5 Å². The first-order valence-corrected chi connectivity index (χ1v) is 12.6. The van der Waals surface area contributed by atoms with Gasteiger partial charge in [0.05, 0.1) is 23.8 Å². The molecule has 4 N–H and O–H groups in total. The highest BCUT2D eigenvalue weighted by Gasteiger charge is 2.24. The van der Waals surface area contributed by atoms with E-state index in [1.165, 1.54) is 16.7 Å². The molecule has 1 aromatic carbocycles. The number of sulfonamides is 1. The maximum Gasteiger partial charge on any atom is 0.347 e. The van der Waals surface area contributed by atoms with Crippen LogP contribution in [0.1, 0.15) is 29.3 Å². The third-order valence-corrected chi connectivity index (χ3v) is 6.18. The van der Waals surface area contributed by atoms with Gasteiger partial charge < -0.3 is 5.73 Å². The van der Waals surface area contributed by atoms with Crippen molar-refractivity contribution in [3.8, 4) is 11.1 Å². The Morgan fingerprint density at radius 1 is 1.17 bits per heavy atom. The van der Waals surface area contributed by atoms with Gasteiger partial charge in [0, 0.05) is 35.2 Å². The van der Waals surface area contributed by atoms with E-state index in [1.54, 1.807) is 19.1 Å². The summed E-state index contributed by atoms with van der Waals surface area (Å²) in [6.45, 7) is 1.67. The Balaban J connectivity index is 1.93. The number of anilines is 1. The Morgan fingerprint density at radius 3 is 2.50 bits per heavy atom. The van der Waals surface area contributed by atoms with Gasteiger partial charge in [-0.3, -0.25) is 14.5 Å². The summed E-state index contributed by atoms with van der Waals surface area (Å²) in [4.78, 5) is 28.7. The number of aromatic amines is 1. The number of nitrogens with one attached hydrogen (secondary N) is 2. The first-order chi connectivity index (χ1) is 16.9. The second kappa shape index (κ2) is 9.49. The van der Waals surface area contributed by atoms with E-state index in [-0.39, 0.29) is 24.1 Å². The van der Waals surface area contributed by atoms with Crippen LogP contribution in [0.25, 0.3) is 16.8 Å². The van der Waals surface area contributed by atoms with Gasteiger partial charge in [0.1, 0.15) is 11.6 Å². The van der Waals surface area contributed by atoms with Crippen LogP contribution in [0, 0.1) is 18.6 Å². The lowest BCUT2D eigenvalue weighted by molar-refractivity contribution is -0.118. The molecule has 36 heavy (non-hydrogen) atoms. The van der Waals surface area contributed by atoms with Crippen molar-refractivity contribution in [1.82, 2.24) is 19.6 Å². The van der Waals surface area contributed by atoms with E-state index in [4.69, 9.17) is 5.73 Å². The van der Waals surface area contributed by atoms with E-state index in [9.17, 15) is 26.8 Å². The van der Waals surface area contributed by atoms with Crippen LogP contribution < -0.4 is 16.1 Å². The number of pyridine rings is 2. The number of H-pyrrole nitrogens is 1. The van der Waals surface area contributed by atoms with Gasteiger partial charge in [0.15, 0.2) is 5.65 Å². The highest BCUT2D eigenvalue weighted by Crippen LogP contribution is 2.35. The molecule has 0 spiro atoms. The predicted molar refractivity (Wildman–Crippen MR) is 129 cm³/mol. The molecule has 0 aliphatic heterocycles. The highest BCUT2D eigenvalue weighted by atomic mass is 32.2. The number of nitrogens with two attached hydrogens (primary N) is 1. The normalized spacial score (nSPS) is 12.6. The molecule has 0 saturated heterocycles. The van der Waals surface area contributed by atoms with Crippen molar-refractivity contribution in [2.24, 2.45) is 5.73 Å². The second-order valence-electron chi connectivity index (χ2n) is 8.43. The summed E-state index contributed by atoms with van der Waals surface area (Å²) in [6, 6.07) is 7.83. The Morgan fingerprint density at radius 2 is 1.86 bits per heavy atom. The molecule has 0 saturated carbocycles. The van der Waals surface area contributed by atoms with Gasteiger partial charge in [0.25, 0.3) is 0 Å². The maximum atomic E-state index is 13.9. The summed E-state index contributed by atoms with van der Waals surface area (Å²) in [6.07, 6.45) is 2.07. The monoisotopic (exact) mass is 516 g/mol. The zero-order valence-electron chi connectivity index (χ0n) is 19.2. The van der Waals surface area contributed by atoms with Crippen LogP contribution in [0.2, 0.25) is 0 Å². The average Bonchev–Trinajstić information content (AvgIpc) is 3.13. The lowest BCUT2D eigenvalue weighted by atomic mass is 9.87. The van der Waals surface area contributed by atoms with Crippen molar-refractivity contribution in [2.45, 2.75) is 25.7 Å². The average molecular weight is 517 g/mol. The minimum Gasteiger partial charge on any atom is -0.370 e. The predicted octanol–water partition coefficient (Wildman–Crippen LogP) is 2.24. The van der Waals surface area contributed by atoms with Crippen molar-refractivity contribution in [3.63, 3.8) is 0 Å². The largest absolute Gasteiger partial charge is 0.370 e. The first kappa shape index (κ1) is 25.0.